The number of nitrogens with zero attached hydrogens (tertiary/aromatic N) is 2. The molecule has 4 heteroatoms. The lowest BCUT2D eigenvalue weighted by molar-refractivity contribution is 0.592. The Balaban J connectivity index is 1.88. The van der Waals surface area contributed by atoms with Crippen molar-refractivity contribution < 1.29 is 0 Å². The van der Waals surface area contributed by atoms with Crippen LogP contribution in [0.3, 0.4) is 0 Å². The van der Waals surface area contributed by atoms with E-state index in [1.54, 1.807) is 12.4 Å². The number of halogens is 1. The van der Waals surface area contributed by atoms with E-state index in [0.717, 1.165) is 21.9 Å². The summed E-state index contributed by atoms with van der Waals surface area (Å²) in [7, 11) is 1.99. The van der Waals surface area contributed by atoms with E-state index in [-0.39, 0.29) is 6.04 Å². The minimum atomic E-state index is 0.262. The van der Waals surface area contributed by atoms with Gasteiger partial charge >= 0.3 is 0 Å². The predicted molar refractivity (Wildman–Crippen MR) is 89.2 cm³/mol. The molecule has 1 atom stereocenters. The molecule has 21 heavy (non-hydrogen) atoms. The number of rotatable bonds is 4. The summed E-state index contributed by atoms with van der Waals surface area (Å²) in [5, 5.41) is 3.39. The first kappa shape index (κ1) is 14.2. The van der Waals surface area contributed by atoms with Gasteiger partial charge in [-0.2, -0.15) is 0 Å². The molecule has 0 fully saturated rings. The van der Waals surface area contributed by atoms with E-state index in [9.17, 15) is 0 Å². The maximum absolute atomic E-state index is 4.38. The maximum Gasteiger partial charge on any atom is 0.0890 e. The molecule has 1 aromatic heterocycles. The van der Waals surface area contributed by atoms with Crippen LogP contribution in [-0.2, 0) is 6.42 Å². The monoisotopic (exact) mass is 341 g/mol. The van der Waals surface area contributed by atoms with Crippen molar-refractivity contribution in [3.8, 4) is 0 Å². The first-order valence-corrected chi connectivity index (χ1v) is 7.68. The molecule has 0 radical (unpaired) electrons. The molecule has 1 unspecified atom stereocenters. The van der Waals surface area contributed by atoms with E-state index < -0.39 is 0 Å². The van der Waals surface area contributed by atoms with Crippen molar-refractivity contribution in [3.63, 3.8) is 0 Å². The first-order valence-electron chi connectivity index (χ1n) is 6.88. The Kier molecular flexibility index (Phi) is 4.27. The van der Waals surface area contributed by atoms with Crippen LogP contribution in [0.25, 0.3) is 11.0 Å². The summed E-state index contributed by atoms with van der Waals surface area (Å²) in [5.41, 5.74) is 4.40. The van der Waals surface area contributed by atoms with E-state index in [2.05, 4.69) is 67.6 Å². The Morgan fingerprint density at radius 2 is 1.71 bits per heavy atom. The predicted octanol–water partition coefficient (Wildman–Crippen LogP) is 3.90. The molecule has 0 saturated heterocycles. The third-order valence-corrected chi connectivity index (χ3v) is 4.13. The van der Waals surface area contributed by atoms with Gasteiger partial charge in [0.2, 0.25) is 0 Å². The Morgan fingerprint density at radius 3 is 2.43 bits per heavy atom. The fraction of sp³-hybridized carbons (Fsp3) is 0.176. The molecule has 0 aliphatic rings. The largest absolute Gasteiger partial charge is 0.313 e. The van der Waals surface area contributed by atoms with Crippen molar-refractivity contribution in [3.05, 3.63) is 70.5 Å². The highest BCUT2D eigenvalue weighted by Crippen LogP contribution is 2.22. The Morgan fingerprint density at radius 1 is 1.00 bits per heavy atom. The van der Waals surface area contributed by atoms with Crippen molar-refractivity contribution >= 4 is 27.0 Å². The SMILES string of the molecule is CNC(Cc1ccc(Br)cc1)c1ccc2nccnc2c1. The van der Waals surface area contributed by atoms with Crippen LogP contribution in [0.4, 0.5) is 0 Å². The topological polar surface area (TPSA) is 37.8 Å². The zero-order valence-corrected chi connectivity index (χ0v) is 13.3. The number of likely N-dealkylation sites (N-methyl/N-ethyl adjacent to an activating group) is 1. The summed E-state index contributed by atoms with van der Waals surface area (Å²) >= 11 is 3.47. The maximum atomic E-state index is 4.38. The lowest BCUT2D eigenvalue weighted by atomic mass is 9.98. The van der Waals surface area contributed by atoms with Gasteiger partial charge in [-0.1, -0.05) is 34.1 Å². The quantitative estimate of drug-likeness (QED) is 0.782. The summed E-state index contributed by atoms with van der Waals surface area (Å²) in [5.74, 6) is 0. The van der Waals surface area contributed by atoms with E-state index in [1.807, 2.05) is 13.1 Å². The van der Waals surface area contributed by atoms with Gasteiger partial charge < -0.3 is 5.32 Å². The second-order valence-electron chi connectivity index (χ2n) is 4.98. The van der Waals surface area contributed by atoms with E-state index in [1.165, 1.54) is 11.1 Å². The van der Waals surface area contributed by atoms with Crippen LogP contribution in [0.2, 0.25) is 0 Å². The van der Waals surface area contributed by atoms with Gasteiger partial charge in [0.05, 0.1) is 11.0 Å². The highest BCUT2D eigenvalue weighted by atomic mass is 79.9. The molecule has 0 saturated carbocycles. The molecule has 2 aromatic carbocycles. The van der Waals surface area contributed by atoms with E-state index in [0.29, 0.717) is 0 Å². The fourth-order valence-electron chi connectivity index (χ4n) is 2.44. The minimum absolute atomic E-state index is 0.262. The summed E-state index contributed by atoms with van der Waals surface area (Å²) in [6, 6.07) is 15.0. The zero-order valence-electron chi connectivity index (χ0n) is 11.8. The van der Waals surface area contributed by atoms with Crippen LogP contribution in [-0.4, -0.2) is 17.0 Å². The summed E-state index contributed by atoms with van der Waals surface area (Å²) in [6.45, 7) is 0. The van der Waals surface area contributed by atoms with Gasteiger partial charge in [-0.05, 0) is 48.9 Å². The average Bonchev–Trinajstić information content (AvgIpc) is 2.54. The first-order chi connectivity index (χ1) is 10.3. The molecule has 1 heterocycles. The number of aromatic nitrogens is 2. The van der Waals surface area contributed by atoms with Crippen LogP contribution in [0.5, 0.6) is 0 Å². The van der Waals surface area contributed by atoms with E-state index >= 15 is 0 Å². The van der Waals surface area contributed by atoms with Crippen LogP contribution < -0.4 is 5.32 Å². The van der Waals surface area contributed by atoms with Gasteiger partial charge in [0, 0.05) is 22.9 Å². The van der Waals surface area contributed by atoms with Gasteiger partial charge in [0.15, 0.2) is 0 Å². The summed E-state index contributed by atoms with van der Waals surface area (Å²) < 4.78 is 1.10. The Hall–Kier alpha value is -1.78. The molecule has 0 aliphatic heterocycles. The molecule has 3 rings (SSSR count). The summed E-state index contributed by atoms with van der Waals surface area (Å²) in [4.78, 5) is 8.69. The van der Waals surface area contributed by atoms with Gasteiger partial charge in [-0.3, -0.25) is 9.97 Å². The van der Waals surface area contributed by atoms with Crippen LogP contribution in [0.1, 0.15) is 17.2 Å². The third-order valence-electron chi connectivity index (χ3n) is 3.60. The average molecular weight is 342 g/mol. The number of hydrogen-bond donors (Lipinski definition) is 1. The van der Waals surface area contributed by atoms with Crippen molar-refractivity contribution in [2.45, 2.75) is 12.5 Å². The van der Waals surface area contributed by atoms with Gasteiger partial charge in [0.25, 0.3) is 0 Å². The van der Waals surface area contributed by atoms with E-state index in [4.69, 9.17) is 0 Å². The molecule has 3 nitrogen and oxygen atoms in total. The van der Waals surface area contributed by atoms with Crippen LogP contribution >= 0.6 is 15.9 Å². The summed E-state index contributed by atoms with van der Waals surface area (Å²) in [6.07, 6.45) is 4.39. The fourth-order valence-corrected chi connectivity index (χ4v) is 2.70. The molecule has 0 amide bonds. The number of hydrogen-bond acceptors (Lipinski definition) is 3. The standard InChI is InChI=1S/C17H16BrN3/c1-19-16(10-12-2-5-14(18)6-3-12)13-4-7-15-17(11-13)21-9-8-20-15/h2-9,11,16,19H,10H2,1H3. The molecule has 0 aliphatic carbocycles. The zero-order chi connectivity index (χ0) is 14.7. The lowest BCUT2D eigenvalue weighted by Crippen LogP contribution is -2.18. The van der Waals surface area contributed by atoms with Gasteiger partial charge in [-0.15, -0.1) is 0 Å². The van der Waals surface area contributed by atoms with Gasteiger partial charge in [-0.25, -0.2) is 0 Å². The smallest absolute Gasteiger partial charge is 0.0890 e. The van der Waals surface area contributed by atoms with Crippen molar-refractivity contribution in [1.82, 2.24) is 15.3 Å². The van der Waals surface area contributed by atoms with Crippen molar-refractivity contribution in [2.24, 2.45) is 0 Å². The second kappa shape index (κ2) is 6.33. The number of benzene rings is 2. The molecule has 0 spiro atoms. The number of nitrogens with one attached hydrogen (secondary N) is 1. The Labute approximate surface area is 132 Å². The molecular formula is C17H16BrN3. The third kappa shape index (κ3) is 3.28. The van der Waals surface area contributed by atoms with Crippen LogP contribution in [0, 0.1) is 0 Å². The highest BCUT2D eigenvalue weighted by molar-refractivity contribution is 9.10. The second-order valence-corrected chi connectivity index (χ2v) is 5.89. The molecule has 106 valence electrons. The van der Waals surface area contributed by atoms with Crippen molar-refractivity contribution in [1.29, 1.82) is 0 Å². The normalized spacial score (nSPS) is 12.5. The minimum Gasteiger partial charge on any atom is -0.313 e. The molecule has 3 aromatic rings. The molecular weight excluding hydrogens is 326 g/mol. The van der Waals surface area contributed by atoms with Gasteiger partial charge in [0.1, 0.15) is 0 Å². The lowest BCUT2D eigenvalue weighted by Gasteiger charge is -2.17. The van der Waals surface area contributed by atoms with Crippen molar-refractivity contribution in [2.75, 3.05) is 7.05 Å². The highest BCUT2D eigenvalue weighted by Gasteiger charge is 2.11. The number of fused-ring (bicyclic) bond motifs is 1. The van der Waals surface area contributed by atoms with Crippen LogP contribution in [0.15, 0.2) is 59.3 Å². The Bertz CT molecular complexity index is 740. The molecule has 0 bridgehead atoms. The molecule has 1 N–H and O–H groups in total.